The highest BCUT2D eigenvalue weighted by molar-refractivity contribution is 5.75. The zero-order valence-corrected chi connectivity index (χ0v) is 18.5. The largest absolute Gasteiger partial charge is 0.416 e. The molecule has 0 N–H and O–H groups in total. The van der Waals surface area contributed by atoms with Crippen LogP contribution in [-0.4, -0.2) is 58.7 Å². The second kappa shape index (κ2) is 9.85. The van der Waals surface area contributed by atoms with E-state index in [-0.39, 0.29) is 12.5 Å². The molecule has 1 aliphatic rings. The van der Waals surface area contributed by atoms with Crippen LogP contribution in [0.15, 0.2) is 30.3 Å². The minimum Gasteiger partial charge on any atom is -0.344 e. The molecule has 1 aliphatic heterocycles. The molecule has 0 atom stereocenters. The van der Waals surface area contributed by atoms with Gasteiger partial charge in [-0.3, -0.25) is 9.48 Å². The van der Waals surface area contributed by atoms with Crippen LogP contribution in [0.1, 0.15) is 35.4 Å². The van der Waals surface area contributed by atoms with E-state index in [4.69, 9.17) is 0 Å². The maximum absolute atomic E-state index is 12.9. The number of halogens is 3. The summed E-state index contributed by atoms with van der Waals surface area (Å²) in [5, 5.41) is 4.35. The number of amides is 1. The van der Waals surface area contributed by atoms with Gasteiger partial charge in [-0.05, 0) is 69.8 Å². The molecule has 0 bridgehead atoms. The van der Waals surface area contributed by atoms with Gasteiger partial charge in [-0.1, -0.05) is 18.2 Å². The average molecular weight is 437 g/mol. The van der Waals surface area contributed by atoms with Crippen molar-refractivity contribution in [2.75, 3.05) is 33.2 Å². The number of likely N-dealkylation sites (N-methyl/N-ethyl adjacent to an activating group) is 1. The summed E-state index contributed by atoms with van der Waals surface area (Å²) < 4.78 is 40.3. The average Bonchev–Trinajstić information content (AvgIpc) is 3.03. The van der Waals surface area contributed by atoms with Gasteiger partial charge >= 0.3 is 6.18 Å². The number of alkyl halides is 3. The molecule has 1 saturated heterocycles. The fraction of sp³-hybridized carbons (Fsp3) is 0.565. The standard InChI is InChI=1S/C23H31F3N4O/c1-17-13-18(2)30(27-17)16-22(31)28(3)15-20-8-11-29(12-9-20)10-7-19-5-4-6-21(14-19)23(24,25)26/h4-6,13-14,20H,7-12,15-16H2,1-3H3. The van der Waals surface area contributed by atoms with Crippen LogP contribution in [0.5, 0.6) is 0 Å². The lowest BCUT2D eigenvalue weighted by Gasteiger charge is -2.34. The summed E-state index contributed by atoms with van der Waals surface area (Å²) in [7, 11) is 1.84. The normalized spacial score (nSPS) is 15.9. The molecule has 1 aromatic heterocycles. The van der Waals surface area contributed by atoms with Gasteiger partial charge in [-0.15, -0.1) is 0 Å². The molecule has 0 aliphatic carbocycles. The number of likely N-dealkylation sites (tertiary alicyclic amines) is 1. The van der Waals surface area contributed by atoms with E-state index in [0.29, 0.717) is 17.9 Å². The number of hydrogen-bond donors (Lipinski definition) is 0. The van der Waals surface area contributed by atoms with Crippen molar-refractivity contribution < 1.29 is 18.0 Å². The third-order valence-electron chi connectivity index (χ3n) is 6.02. The lowest BCUT2D eigenvalue weighted by atomic mass is 9.96. The van der Waals surface area contributed by atoms with Gasteiger partial charge < -0.3 is 9.80 Å². The second-order valence-electron chi connectivity index (χ2n) is 8.59. The zero-order valence-electron chi connectivity index (χ0n) is 18.5. The van der Waals surface area contributed by atoms with Crippen LogP contribution in [-0.2, 0) is 23.9 Å². The van der Waals surface area contributed by atoms with Crippen molar-refractivity contribution >= 4 is 5.91 Å². The Morgan fingerprint density at radius 2 is 1.90 bits per heavy atom. The van der Waals surface area contributed by atoms with Crippen LogP contribution in [0.4, 0.5) is 13.2 Å². The van der Waals surface area contributed by atoms with E-state index in [1.54, 1.807) is 15.6 Å². The Bertz CT molecular complexity index is 885. The summed E-state index contributed by atoms with van der Waals surface area (Å²) in [6, 6.07) is 7.55. The molecule has 1 amide bonds. The first-order valence-electron chi connectivity index (χ1n) is 10.8. The van der Waals surface area contributed by atoms with Gasteiger partial charge in [-0.25, -0.2) is 0 Å². The molecule has 8 heteroatoms. The van der Waals surface area contributed by atoms with Gasteiger partial charge in [0.05, 0.1) is 11.3 Å². The van der Waals surface area contributed by atoms with Crippen molar-refractivity contribution in [1.82, 2.24) is 19.6 Å². The molecule has 1 fully saturated rings. The molecule has 0 radical (unpaired) electrons. The zero-order chi connectivity index (χ0) is 22.6. The van der Waals surface area contributed by atoms with Gasteiger partial charge in [0.25, 0.3) is 0 Å². The van der Waals surface area contributed by atoms with E-state index in [1.807, 2.05) is 27.0 Å². The first kappa shape index (κ1) is 23.3. The SMILES string of the molecule is Cc1cc(C)n(CC(=O)N(C)CC2CCN(CCc3cccc(C(F)(F)F)c3)CC2)n1. The summed E-state index contributed by atoms with van der Waals surface area (Å²) in [5.41, 5.74) is 2.02. The van der Waals surface area contributed by atoms with Crippen LogP contribution < -0.4 is 0 Å². The molecular weight excluding hydrogens is 405 g/mol. The Balaban J connectivity index is 1.41. The topological polar surface area (TPSA) is 41.4 Å². The summed E-state index contributed by atoms with van der Waals surface area (Å²) in [6.45, 7) is 7.40. The first-order valence-corrected chi connectivity index (χ1v) is 10.8. The number of carbonyl (C=O) groups is 1. The van der Waals surface area contributed by atoms with Gasteiger partial charge in [0.1, 0.15) is 6.54 Å². The number of aryl methyl sites for hydroxylation is 2. The van der Waals surface area contributed by atoms with E-state index in [9.17, 15) is 18.0 Å². The number of benzene rings is 1. The Kier molecular flexibility index (Phi) is 7.41. The molecular formula is C23H31F3N4O. The second-order valence-corrected chi connectivity index (χ2v) is 8.59. The number of piperidine rings is 1. The Morgan fingerprint density at radius 3 is 2.52 bits per heavy atom. The van der Waals surface area contributed by atoms with Crippen LogP contribution in [0.3, 0.4) is 0 Å². The maximum Gasteiger partial charge on any atom is 0.416 e. The highest BCUT2D eigenvalue weighted by Crippen LogP contribution is 2.29. The van der Waals surface area contributed by atoms with Gasteiger partial charge in [-0.2, -0.15) is 18.3 Å². The van der Waals surface area contributed by atoms with Crippen LogP contribution in [0, 0.1) is 19.8 Å². The molecule has 5 nitrogen and oxygen atoms in total. The minimum absolute atomic E-state index is 0.0539. The lowest BCUT2D eigenvalue weighted by Crippen LogP contribution is -2.41. The number of nitrogens with zero attached hydrogens (tertiary/aromatic N) is 4. The molecule has 2 aromatic rings. The van der Waals surface area contributed by atoms with E-state index < -0.39 is 11.7 Å². The van der Waals surface area contributed by atoms with E-state index in [2.05, 4.69) is 10.00 Å². The Hall–Kier alpha value is -2.35. The molecule has 170 valence electrons. The Labute approximate surface area is 181 Å². The summed E-state index contributed by atoms with van der Waals surface area (Å²) in [5.74, 6) is 0.498. The van der Waals surface area contributed by atoms with Crippen LogP contribution in [0.25, 0.3) is 0 Å². The summed E-state index contributed by atoms with van der Waals surface area (Å²) >= 11 is 0. The predicted octanol–water partition coefficient (Wildman–Crippen LogP) is 3.93. The quantitative estimate of drug-likeness (QED) is 0.661. The van der Waals surface area contributed by atoms with Crippen molar-refractivity contribution in [2.45, 2.75) is 45.8 Å². The third kappa shape index (κ3) is 6.56. The fourth-order valence-electron chi connectivity index (χ4n) is 4.16. The summed E-state index contributed by atoms with van der Waals surface area (Å²) in [4.78, 5) is 16.6. The number of carbonyl (C=O) groups excluding carboxylic acids is 1. The monoisotopic (exact) mass is 436 g/mol. The van der Waals surface area contributed by atoms with Crippen molar-refractivity contribution in [1.29, 1.82) is 0 Å². The minimum atomic E-state index is -4.30. The van der Waals surface area contributed by atoms with Crippen LogP contribution in [0.2, 0.25) is 0 Å². The predicted molar refractivity (Wildman–Crippen MR) is 114 cm³/mol. The molecule has 1 aromatic carbocycles. The molecule has 31 heavy (non-hydrogen) atoms. The number of hydrogen-bond acceptors (Lipinski definition) is 3. The smallest absolute Gasteiger partial charge is 0.344 e. The first-order chi connectivity index (χ1) is 14.6. The van der Waals surface area contributed by atoms with Crippen LogP contribution >= 0.6 is 0 Å². The molecule has 0 spiro atoms. The third-order valence-corrected chi connectivity index (χ3v) is 6.02. The Morgan fingerprint density at radius 1 is 1.19 bits per heavy atom. The molecule has 0 saturated carbocycles. The van der Waals surface area contributed by atoms with Gasteiger partial charge in [0.15, 0.2) is 0 Å². The highest BCUT2D eigenvalue weighted by Gasteiger charge is 2.30. The lowest BCUT2D eigenvalue weighted by molar-refractivity contribution is -0.137. The van der Waals surface area contributed by atoms with Crippen molar-refractivity contribution in [3.8, 4) is 0 Å². The summed E-state index contributed by atoms with van der Waals surface area (Å²) in [6.07, 6.45) is -1.72. The highest BCUT2D eigenvalue weighted by atomic mass is 19.4. The van der Waals surface area contributed by atoms with E-state index >= 15 is 0 Å². The molecule has 0 unspecified atom stereocenters. The van der Waals surface area contributed by atoms with Crippen molar-refractivity contribution in [3.05, 3.63) is 52.8 Å². The van der Waals surface area contributed by atoms with Crippen molar-refractivity contribution in [2.24, 2.45) is 5.92 Å². The van der Waals surface area contributed by atoms with Gasteiger partial charge in [0, 0.05) is 25.8 Å². The number of aromatic nitrogens is 2. The number of rotatable bonds is 7. The van der Waals surface area contributed by atoms with E-state index in [0.717, 1.165) is 56.5 Å². The van der Waals surface area contributed by atoms with E-state index in [1.165, 1.54) is 12.1 Å². The molecule has 3 rings (SSSR count). The fourth-order valence-corrected chi connectivity index (χ4v) is 4.16. The molecule has 2 heterocycles. The van der Waals surface area contributed by atoms with Gasteiger partial charge in [0.2, 0.25) is 5.91 Å². The maximum atomic E-state index is 12.9. The van der Waals surface area contributed by atoms with Crippen molar-refractivity contribution in [3.63, 3.8) is 0 Å².